The number of guanidine groups is 1. The standard InChI is InChI=1S/C23H32N4O3.HI/c1-5-25-23(26-15-17-9-8-10-19(13-17)22(24)28)27-16(4)18-11-12-20(29-6-2)21(14-18)30-7-3;/h8-14,16H,5-7,15H2,1-4H3,(H2,24,28)(H2,25,26,27);1H. The highest BCUT2D eigenvalue weighted by atomic mass is 127. The molecule has 0 aliphatic rings. The third-order valence-corrected chi connectivity index (χ3v) is 4.40. The quantitative estimate of drug-likeness (QED) is 0.240. The molecule has 2 aromatic carbocycles. The number of primary amides is 1. The van der Waals surface area contributed by atoms with Crippen LogP contribution in [0.3, 0.4) is 0 Å². The first-order valence-electron chi connectivity index (χ1n) is 10.3. The molecular weight excluding hydrogens is 507 g/mol. The lowest BCUT2D eigenvalue weighted by atomic mass is 10.1. The summed E-state index contributed by atoms with van der Waals surface area (Å²) in [6, 6.07) is 13.1. The van der Waals surface area contributed by atoms with Crippen molar-refractivity contribution in [3.8, 4) is 11.5 Å². The van der Waals surface area contributed by atoms with Crippen LogP contribution in [0.2, 0.25) is 0 Å². The van der Waals surface area contributed by atoms with Gasteiger partial charge in [0.05, 0.1) is 25.8 Å². The van der Waals surface area contributed by atoms with Crippen molar-refractivity contribution in [3.63, 3.8) is 0 Å². The van der Waals surface area contributed by atoms with Crippen molar-refractivity contribution >= 4 is 35.8 Å². The van der Waals surface area contributed by atoms with E-state index in [-0.39, 0.29) is 30.0 Å². The summed E-state index contributed by atoms with van der Waals surface area (Å²) < 4.78 is 11.4. The van der Waals surface area contributed by atoms with Crippen LogP contribution in [0, 0.1) is 0 Å². The topological polar surface area (TPSA) is 98.0 Å². The summed E-state index contributed by atoms with van der Waals surface area (Å²) in [4.78, 5) is 16.0. The second-order valence-electron chi connectivity index (χ2n) is 6.70. The van der Waals surface area contributed by atoms with Gasteiger partial charge in [-0.1, -0.05) is 18.2 Å². The molecule has 0 heterocycles. The minimum absolute atomic E-state index is 0. The van der Waals surface area contributed by atoms with Gasteiger partial charge < -0.3 is 25.8 Å². The van der Waals surface area contributed by atoms with Crippen LogP contribution in [0.5, 0.6) is 11.5 Å². The SMILES string of the molecule is CCNC(=NCc1cccc(C(N)=O)c1)NC(C)c1ccc(OCC)c(OCC)c1.I. The number of ether oxygens (including phenoxy) is 2. The van der Waals surface area contributed by atoms with Gasteiger partial charge in [0.15, 0.2) is 17.5 Å². The average Bonchev–Trinajstić information content (AvgIpc) is 2.74. The van der Waals surface area contributed by atoms with Crippen LogP contribution in [0.1, 0.15) is 55.2 Å². The van der Waals surface area contributed by atoms with Crippen LogP contribution in [-0.2, 0) is 6.54 Å². The number of amides is 1. The Kier molecular flexibility index (Phi) is 11.8. The molecule has 0 radical (unpaired) electrons. The van der Waals surface area contributed by atoms with E-state index in [2.05, 4.69) is 22.5 Å². The lowest BCUT2D eigenvalue weighted by Crippen LogP contribution is -2.38. The zero-order chi connectivity index (χ0) is 21.9. The predicted octanol–water partition coefficient (Wildman–Crippen LogP) is 4.02. The summed E-state index contributed by atoms with van der Waals surface area (Å²) in [7, 11) is 0. The van der Waals surface area contributed by atoms with Gasteiger partial charge in [-0.2, -0.15) is 0 Å². The number of carbonyl (C=O) groups excluding carboxylic acids is 1. The van der Waals surface area contributed by atoms with Crippen LogP contribution in [0.4, 0.5) is 0 Å². The molecule has 1 atom stereocenters. The molecular formula is C23H33IN4O3. The minimum atomic E-state index is -0.444. The minimum Gasteiger partial charge on any atom is -0.490 e. The van der Waals surface area contributed by atoms with Crippen molar-refractivity contribution in [2.24, 2.45) is 10.7 Å². The fourth-order valence-corrected chi connectivity index (χ4v) is 2.94. The molecule has 1 unspecified atom stereocenters. The van der Waals surface area contributed by atoms with Gasteiger partial charge >= 0.3 is 0 Å². The summed E-state index contributed by atoms with van der Waals surface area (Å²) >= 11 is 0. The van der Waals surface area contributed by atoms with Crippen molar-refractivity contribution in [3.05, 3.63) is 59.2 Å². The van der Waals surface area contributed by atoms with Crippen molar-refractivity contribution in [2.45, 2.75) is 40.3 Å². The largest absolute Gasteiger partial charge is 0.490 e. The molecule has 0 fully saturated rings. The molecule has 2 aromatic rings. The fraction of sp³-hybridized carbons (Fsp3) is 0.391. The van der Waals surface area contributed by atoms with E-state index < -0.39 is 5.91 Å². The number of nitrogens with zero attached hydrogens (tertiary/aromatic N) is 1. The highest BCUT2D eigenvalue weighted by Crippen LogP contribution is 2.30. The van der Waals surface area contributed by atoms with E-state index in [9.17, 15) is 4.79 Å². The Morgan fingerprint density at radius 3 is 2.42 bits per heavy atom. The molecule has 0 aromatic heterocycles. The number of nitrogens with two attached hydrogens (primary N) is 1. The molecule has 0 aliphatic carbocycles. The molecule has 2 rings (SSSR count). The van der Waals surface area contributed by atoms with Crippen molar-refractivity contribution in [2.75, 3.05) is 19.8 Å². The second kappa shape index (κ2) is 13.7. The van der Waals surface area contributed by atoms with Crippen LogP contribution < -0.4 is 25.8 Å². The monoisotopic (exact) mass is 540 g/mol. The van der Waals surface area contributed by atoms with E-state index in [0.29, 0.717) is 31.3 Å². The second-order valence-corrected chi connectivity index (χ2v) is 6.70. The predicted molar refractivity (Wildman–Crippen MR) is 136 cm³/mol. The Bertz CT molecular complexity index is 874. The fourth-order valence-electron chi connectivity index (χ4n) is 2.94. The van der Waals surface area contributed by atoms with E-state index in [1.807, 2.05) is 51.1 Å². The Morgan fingerprint density at radius 2 is 1.77 bits per heavy atom. The highest BCUT2D eigenvalue weighted by Gasteiger charge is 2.12. The molecule has 0 bridgehead atoms. The summed E-state index contributed by atoms with van der Waals surface area (Å²) in [6.07, 6.45) is 0. The van der Waals surface area contributed by atoms with Gasteiger partial charge in [0.1, 0.15) is 0 Å². The molecule has 170 valence electrons. The van der Waals surface area contributed by atoms with Crippen molar-refractivity contribution in [1.29, 1.82) is 0 Å². The van der Waals surface area contributed by atoms with E-state index in [1.54, 1.807) is 12.1 Å². The molecule has 1 amide bonds. The van der Waals surface area contributed by atoms with Crippen LogP contribution in [0.15, 0.2) is 47.5 Å². The van der Waals surface area contributed by atoms with E-state index in [0.717, 1.165) is 29.2 Å². The number of aliphatic imine (C=N–C) groups is 1. The number of hydrogen-bond donors (Lipinski definition) is 3. The average molecular weight is 540 g/mol. The Hall–Kier alpha value is -2.49. The number of halogens is 1. The summed E-state index contributed by atoms with van der Waals surface area (Å²) in [5.41, 5.74) is 7.81. The molecule has 7 nitrogen and oxygen atoms in total. The van der Waals surface area contributed by atoms with Gasteiger partial charge in [-0.3, -0.25) is 4.79 Å². The molecule has 31 heavy (non-hydrogen) atoms. The third-order valence-electron chi connectivity index (χ3n) is 4.40. The van der Waals surface area contributed by atoms with Gasteiger partial charge in [0.2, 0.25) is 5.91 Å². The van der Waals surface area contributed by atoms with Gasteiger partial charge in [0.25, 0.3) is 0 Å². The molecule has 8 heteroatoms. The van der Waals surface area contributed by atoms with E-state index in [4.69, 9.17) is 15.2 Å². The first kappa shape index (κ1) is 26.5. The lowest BCUT2D eigenvalue weighted by Gasteiger charge is -2.20. The zero-order valence-corrected chi connectivity index (χ0v) is 20.9. The number of benzene rings is 2. The van der Waals surface area contributed by atoms with Crippen molar-refractivity contribution < 1.29 is 14.3 Å². The number of hydrogen-bond acceptors (Lipinski definition) is 4. The van der Waals surface area contributed by atoms with Gasteiger partial charge in [-0.25, -0.2) is 4.99 Å². The van der Waals surface area contributed by atoms with Gasteiger partial charge in [0, 0.05) is 12.1 Å². The van der Waals surface area contributed by atoms with Crippen LogP contribution in [0.25, 0.3) is 0 Å². The van der Waals surface area contributed by atoms with E-state index >= 15 is 0 Å². The van der Waals surface area contributed by atoms with Crippen molar-refractivity contribution in [1.82, 2.24) is 10.6 Å². The maximum Gasteiger partial charge on any atom is 0.248 e. The zero-order valence-electron chi connectivity index (χ0n) is 18.6. The Labute approximate surface area is 201 Å². The number of nitrogens with one attached hydrogen (secondary N) is 2. The van der Waals surface area contributed by atoms with E-state index in [1.165, 1.54) is 0 Å². The molecule has 0 spiro atoms. The Balaban J connectivity index is 0.00000480. The molecule has 4 N–H and O–H groups in total. The summed E-state index contributed by atoms with van der Waals surface area (Å²) in [5.74, 6) is 1.71. The lowest BCUT2D eigenvalue weighted by molar-refractivity contribution is 0.1000. The molecule has 0 saturated carbocycles. The van der Waals surface area contributed by atoms with Gasteiger partial charge in [-0.15, -0.1) is 24.0 Å². The third kappa shape index (κ3) is 8.28. The van der Waals surface area contributed by atoms with Crippen LogP contribution >= 0.6 is 24.0 Å². The first-order chi connectivity index (χ1) is 14.5. The number of rotatable bonds is 10. The smallest absolute Gasteiger partial charge is 0.248 e. The normalized spacial score (nSPS) is 11.8. The van der Waals surface area contributed by atoms with Gasteiger partial charge in [-0.05, 0) is 63.1 Å². The molecule has 0 aliphatic heterocycles. The maximum absolute atomic E-state index is 11.4. The number of carbonyl (C=O) groups is 1. The Morgan fingerprint density at radius 1 is 1.06 bits per heavy atom. The highest BCUT2D eigenvalue weighted by molar-refractivity contribution is 14.0. The summed E-state index contributed by atoms with van der Waals surface area (Å²) in [6.45, 7) is 10.3. The van der Waals surface area contributed by atoms with Crippen LogP contribution in [-0.4, -0.2) is 31.6 Å². The maximum atomic E-state index is 11.4. The summed E-state index contributed by atoms with van der Waals surface area (Å²) in [5, 5.41) is 6.67. The first-order valence-corrected chi connectivity index (χ1v) is 10.3. The molecule has 0 saturated heterocycles.